The van der Waals surface area contributed by atoms with Crippen LogP contribution in [-0.2, 0) is 17.8 Å². The van der Waals surface area contributed by atoms with Crippen molar-refractivity contribution in [3.05, 3.63) is 88.1 Å². The van der Waals surface area contributed by atoms with Crippen molar-refractivity contribution < 1.29 is 14.3 Å². The molecule has 1 N–H and O–H groups in total. The Morgan fingerprint density at radius 1 is 1.00 bits per heavy atom. The van der Waals surface area contributed by atoms with E-state index >= 15 is 0 Å². The van der Waals surface area contributed by atoms with Crippen molar-refractivity contribution in [2.45, 2.75) is 25.9 Å². The third kappa shape index (κ3) is 5.98. The lowest BCUT2D eigenvalue weighted by Gasteiger charge is -2.31. The number of rotatable bonds is 8. The van der Waals surface area contributed by atoms with Gasteiger partial charge in [-0.2, -0.15) is 0 Å². The van der Waals surface area contributed by atoms with Crippen LogP contribution in [0.25, 0.3) is 0 Å². The third-order valence-corrected chi connectivity index (χ3v) is 6.67. The largest absolute Gasteiger partial charge is 0.489 e. The summed E-state index contributed by atoms with van der Waals surface area (Å²) in [6.07, 6.45) is 2.25. The van der Waals surface area contributed by atoms with E-state index in [2.05, 4.69) is 16.8 Å². The van der Waals surface area contributed by atoms with E-state index in [0.717, 1.165) is 12.0 Å². The number of ether oxygens (including phenoxy) is 1. The first-order valence-electron chi connectivity index (χ1n) is 11.1. The lowest BCUT2D eigenvalue weighted by Crippen LogP contribution is -2.43. The van der Waals surface area contributed by atoms with E-state index in [9.17, 15) is 9.59 Å². The van der Waals surface area contributed by atoms with Crippen LogP contribution in [0.3, 0.4) is 0 Å². The minimum Gasteiger partial charge on any atom is -0.489 e. The summed E-state index contributed by atoms with van der Waals surface area (Å²) < 4.78 is 5.86. The van der Waals surface area contributed by atoms with Gasteiger partial charge in [0.05, 0.1) is 0 Å². The molecule has 0 atom stereocenters. The van der Waals surface area contributed by atoms with E-state index in [1.165, 1.54) is 4.88 Å². The number of thiophene rings is 1. The van der Waals surface area contributed by atoms with E-state index in [0.29, 0.717) is 50.4 Å². The van der Waals surface area contributed by atoms with Crippen molar-refractivity contribution in [3.63, 3.8) is 0 Å². The van der Waals surface area contributed by atoms with Crippen LogP contribution in [0, 0.1) is 5.92 Å². The van der Waals surface area contributed by atoms with Gasteiger partial charge < -0.3 is 15.0 Å². The second-order valence-electron chi connectivity index (χ2n) is 7.99. The van der Waals surface area contributed by atoms with Crippen molar-refractivity contribution in [1.82, 2.24) is 10.2 Å². The van der Waals surface area contributed by atoms with Crippen molar-refractivity contribution in [3.8, 4) is 5.75 Å². The minimum atomic E-state index is -0.0251. The molecular weight excluding hydrogens is 420 g/mol. The van der Waals surface area contributed by atoms with Gasteiger partial charge in [-0.3, -0.25) is 9.59 Å². The van der Waals surface area contributed by atoms with Crippen molar-refractivity contribution in [2.24, 2.45) is 5.92 Å². The molecule has 1 saturated heterocycles. The molecule has 0 radical (unpaired) electrons. The highest BCUT2D eigenvalue weighted by Crippen LogP contribution is 2.22. The topological polar surface area (TPSA) is 58.6 Å². The van der Waals surface area contributed by atoms with Crippen molar-refractivity contribution in [1.29, 1.82) is 0 Å². The van der Waals surface area contributed by atoms with Crippen LogP contribution in [0.15, 0.2) is 72.1 Å². The van der Waals surface area contributed by atoms with Gasteiger partial charge in [0.15, 0.2) is 0 Å². The second-order valence-corrected chi connectivity index (χ2v) is 9.02. The summed E-state index contributed by atoms with van der Waals surface area (Å²) >= 11 is 1.71. The van der Waals surface area contributed by atoms with E-state index in [1.54, 1.807) is 17.4 Å². The predicted octanol–water partition coefficient (Wildman–Crippen LogP) is 4.54. The summed E-state index contributed by atoms with van der Waals surface area (Å²) in [6, 6.07) is 21.4. The Morgan fingerprint density at radius 3 is 2.56 bits per heavy atom. The highest BCUT2D eigenvalue weighted by Gasteiger charge is 2.27. The highest BCUT2D eigenvalue weighted by atomic mass is 32.1. The minimum absolute atomic E-state index is 0.00767. The third-order valence-electron chi connectivity index (χ3n) is 5.73. The summed E-state index contributed by atoms with van der Waals surface area (Å²) in [5, 5.41) is 5.10. The molecule has 1 aliphatic heterocycles. The van der Waals surface area contributed by atoms with Gasteiger partial charge in [0.1, 0.15) is 12.4 Å². The molecule has 5 nitrogen and oxygen atoms in total. The number of hydrogen-bond acceptors (Lipinski definition) is 4. The zero-order chi connectivity index (χ0) is 22.2. The summed E-state index contributed by atoms with van der Waals surface area (Å²) in [5.74, 6) is 0.749. The average molecular weight is 449 g/mol. The summed E-state index contributed by atoms with van der Waals surface area (Å²) in [6.45, 7) is 2.31. The number of nitrogens with one attached hydrogen (secondary N) is 1. The number of benzene rings is 2. The highest BCUT2D eigenvalue weighted by molar-refractivity contribution is 7.09. The fraction of sp³-hybridized carbons (Fsp3) is 0.308. The maximum Gasteiger partial charge on any atom is 0.253 e. The molecule has 2 heterocycles. The van der Waals surface area contributed by atoms with E-state index in [4.69, 9.17) is 4.74 Å². The smallest absolute Gasteiger partial charge is 0.253 e. The quantitative estimate of drug-likeness (QED) is 0.551. The van der Waals surface area contributed by atoms with Gasteiger partial charge in [-0.05, 0) is 54.5 Å². The maximum absolute atomic E-state index is 13.0. The van der Waals surface area contributed by atoms with Gasteiger partial charge in [-0.25, -0.2) is 0 Å². The standard InChI is InChI=1S/C26H28N2O3S/c29-25(27-14-11-24-10-5-17-32-24)21-12-15-28(16-13-21)26(30)22-8-4-9-23(18-22)31-19-20-6-2-1-3-7-20/h1-10,17-18,21H,11-16,19H2,(H,27,29). The molecule has 1 aliphatic rings. The molecule has 0 bridgehead atoms. The van der Waals surface area contributed by atoms with Gasteiger partial charge in [0, 0.05) is 36.0 Å². The molecule has 0 unspecified atom stereocenters. The Morgan fingerprint density at radius 2 is 1.81 bits per heavy atom. The number of amides is 2. The molecule has 1 fully saturated rings. The first-order chi connectivity index (χ1) is 15.7. The van der Waals surface area contributed by atoms with Gasteiger partial charge >= 0.3 is 0 Å². The Kier molecular flexibility index (Phi) is 7.56. The maximum atomic E-state index is 13.0. The van der Waals surface area contributed by atoms with Gasteiger partial charge in [0.25, 0.3) is 5.91 Å². The fourth-order valence-corrected chi connectivity index (χ4v) is 4.60. The molecule has 32 heavy (non-hydrogen) atoms. The van der Waals surface area contributed by atoms with E-state index in [-0.39, 0.29) is 17.7 Å². The van der Waals surface area contributed by atoms with Crippen molar-refractivity contribution in [2.75, 3.05) is 19.6 Å². The fourth-order valence-electron chi connectivity index (χ4n) is 3.90. The number of carbonyl (C=O) groups excluding carboxylic acids is 2. The summed E-state index contributed by atoms with van der Waals surface area (Å²) in [5.41, 5.74) is 1.70. The van der Waals surface area contributed by atoms with Gasteiger partial charge in [0.2, 0.25) is 5.91 Å². The molecule has 3 aromatic rings. The normalized spacial score (nSPS) is 14.2. The van der Waals surface area contributed by atoms with Crippen molar-refractivity contribution >= 4 is 23.2 Å². The second kappa shape index (κ2) is 11.0. The van der Waals surface area contributed by atoms with E-state index in [1.807, 2.05) is 59.5 Å². The van der Waals surface area contributed by atoms with Crippen LogP contribution >= 0.6 is 11.3 Å². The zero-order valence-corrected chi connectivity index (χ0v) is 18.9. The molecule has 0 spiro atoms. The molecular formula is C26H28N2O3S. The number of hydrogen-bond donors (Lipinski definition) is 1. The Bertz CT molecular complexity index is 1010. The van der Waals surface area contributed by atoms with Crippen LogP contribution in [0.5, 0.6) is 5.75 Å². The van der Waals surface area contributed by atoms with Crippen LogP contribution in [0.4, 0.5) is 0 Å². The monoisotopic (exact) mass is 448 g/mol. The number of carbonyl (C=O) groups is 2. The van der Waals surface area contributed by atoms with Crippen LogP contribution in [0.1, 0.15) is 33.6 Å². The molecule has 6 heteroatoms. The summed E-state index contributed by atoms with van der Waals surface area (Å²) in [4.78, 5) is 28.6. The van der Waals surface area contributed by atoms with Gasteiger partial charge in [-0.15, -0.1) is 11.3 Å². The lowest BCUT2D eigenvalue weighted by molar-refractivity contribution is -0.126. The molecule has 2 amide bonds. The first-order valence-corrected chi connectivity index (χ1v) is 11.9. The molecule has 0 saturated carbocycles. The van der Waals surface area contributed by atoms with Crippen LogP contribution in [-0.4, -0.2) is 36.3 Å². The zero-order valence-electron chi connectivity index (χ0n) is 18.0. The Labute approximate surface area is 193 Å². The number of likely N-dealkylation sites (tertiary alicyclic amines) is 1. The molecule has 1 aromatic heterocycles. The Hall–Kier alpha value is -3.12. The Balaban J connectivity index is 1.24. The molecule has 4 rings (SSSR count). The SMILES string of the molecule is O=C(NCCc1cccs1)C1CCN(C(=O)c2cccc(OCc3ccccc3)c2)CC1. The van der Waals surface area contributed by atoms with Crippen LogP contribution in [0.2, 0.25) is 0 Å². The summed E-state index contributed by atoms with van der Waals surface area (Å²) in [7, 11) is 0. The molecule has 0 aliphatic carbocycles. The first kappa shape index (κ1) is 22.1. The predicted molar refractivity (Wildman–Crippen MR) is 127 cm³/mol. The van der Waals surface area contributed by atoms with Crippen LogP contribution < -0.4 is 10.1 Å². The molecule has 2 aromatic carbocycles. The lowest BCUT2D eigenvalue weighted by atomic mass is 9.95. The number of piperidine rings is 1. The average Bonchev–Trinajstić information content (AvgIpc) is 3.37. The van der Waals surface area contributed by atoms with E-state index < -0.39 is 0 Å². The van der Waals surface area contributed by atoms with Gasteiger partial charge in [-0.1, -0.05) is 42.5 Å². The molecule has 166 valence electrons. The number of nitrogens with zero attached hydrogens (tertiary/aromatic N) is 1.